The van der Waals surface area contributed by atoms with Crippen LogP contribution in [0.4, 0.5) is 22.0 Å². The van der Waals surface area contributed by atoms with Gasteiger partial charge in [0.15, 0.2) is 0 Å². The van der Waals surface area contributed by atoms with E-state index in [-0.39, 0.29) is 37.6 Å². The van der Waals surface area contributed by atoms with E-state index in [1.165, 1.54) is 12.1 Å². The minimum Gasteiger partial charge on any atom is -0.479 e. The number of alkyl halides is 5. The van der Waals surface area contributed by atoms with E-state index in [1.54, 1.807) is 12.1 Å². The van der Waals surface area contributed by atoms with Crippen molar-refractivity contribution < 1.29 is 36.6 Å². The number of carbonyl (C=O) groups is 2. The standard InChI is InChI=1S/C30H31ClF5NO3/c1-27(32,30(34,35)36)21-6-7-23-20(16-21)5-8-24-28(23,17-18-3-2-4-22(31)15-18)13-14-37(24)25(38)19-9-11-29(33,12-10-19)26(39)40/h2-4,6-7,15-16,19,24H,5,8-14,17H2,1H3,(H,39,40). The molecule has 0 spiro atoms. The van der Waals surface area contributed by atoms with Gasteiger partial charge in [0.1, 0.15) is 0 Å². The molecule has 0 bridgehead atoms. The topological polar surface area (TPSA) is 57.6 Å². The highest BCUT2D eigenvalue weighted by atomic mass is 35.5. The maximum Gasteiger partial charge on any atom is 0.426 e. The number of carbonyl (C=O) groups excluding carboxylic acids is 1. The number of carboxylic acid groups (broad SMARTS) is 1. The van der Waals surface area contributed by atoms with Gasteiger partial charge in [-0.3, -0.25) is 4.79 Å². The lowest BCUT2D eigenvalue weighted by atomic mass is 9.63. The number of hydrogen-bond donors (Lipinski definition) is 1. The number of carboxylic acids is 1. The van der Waals surface area contributed by atoms with Crippen LogP contribution in [-0.2, 0) is 33.5 Å². The van der Waals surface area contributed by atoms with Gasteiger partial charge in [-0.05, 0) is 92.7 Å². The maximum absolute atomic E-state index is 14.9. The van der Waals surface area contributed by atoms with Crippen LogP contribution < -0.4 is 0 Å². The predicted octanol–water partition coefficient (Wildman–Crippen LogP) is 7.10. The van der Waals surface area contributed by atoms with Gasteiger partial charge in [0.05, 0.1) is 0 Å². The molecule has 2 fully saturated rings. The molecule has 0 aromatic heterocycles. The minimum atomic E-state index is -5.06. The molecule has 1 saturated carbocycles. The van der Waals surface area contributed by atoms with Crippen molar-refractivity contribution in [1.82, 2.24) is 4.90 Å². The number of nitrogens with zero attached hydrogens (tertiary/aromatic N) is 1. The van der Waals surface area contributed by atoms with E-state index in [0.717, 1.165) is 11.1 Å². The van der Waals surface area contributed by atoms with Crippen LogP contribution >= 0.6 is 11.6 Å². The molecule has 3 aliphatic rings. The number of fused-ring (bicyclic) bond motifs is 3. The van der Waals surface area contributed by atoms with Crippen LogP contribution in [0.5, 0.6) is 0 Å². The summed E-state index contributed by atoms with van der Waals surface area (Å²) in [6, 6.07) is 11.1. The Kier molecular flexibility index (Phi) is 7.21. The predicted molar refractivity (Wildman–Crippen MR) is 140 cm³/mol. The Hall–Kier alpha value is -2.68. The summed E-state index contributed by atoms with van der Waals surface area (Å²) in [5, 5.41) is 9.76. The van der Waals surface area contributed by atoms with Crippen molar-refractivity contribution in [3.8, 4) is 0 Å². The summed E-state index contributed by atoms with van der Waals surface area (Å²) in [6.45, 7) is 0.934. The zero-order chi connectivity index (χ0) is 29.1. The van der Waals surface area contributed by atoms with E-state index in [2.05, 4.69) is 0 Å². The smallest absolute Gasteiger partial charge is 0.426 e. The third kappa shape index (κ3) is 4.78. The van der Waals surface area contributed by atoms with Crippen LogP contribution in [-0.4, -0.2) is 46.3 Å². The van der Waals surface area contributed by atoms with Gasteiger partial charge < -0.3 is 10.0 Å². The zero-order valence-corrected chi connectivity index (χ0v) is 22.8. The van der Waals surface area contributed by atoms with Gasteiger partial charge in [-0.25, -0.2) is 13.6 Å². The minimum absolute atomic E-state index is 0.138. The van der Waals surface area contributed by atoms with E-state index >= 15 is 0 Å². The first-order valence-electron chi connectivity index (χ1n) is 13.5. The molecule has 2 aromatic rings. The van der Waals surface area contributed by atoms with Crippen LogP contribution in [0.25, 0.3) is 0 Å². The Morgan fingerprint density at radius 1 is 1.05 bits per heavy atom. The molecular weight excluding hydrogens is 553 g/mol. The van der Waals surface area contributed by atoms with Crippen molar-refractivity contribution in [2.45, 2.75) is 87.3 Å². The number of aliphatic carboxylic acids is 1. The van der Waals surface area contributed by atoms with Crippen molar-refractivity contribution >= 4 is 23.5 Å². The Morgan fingerprint density at radius 3 is 2.38 bits per heavy atom. The van der Waals surface area contributed by atoms with E-state index < -0.39 is 40.4 Å². The number of likely N-dealkylation sites (tertiary alicyclic amines) is 1. The molecule has 0 radical (unpaired) electrons. The van der Waals surface area contributed by atoms with Crippen LogP contribution in [0.15, 0.2) is 42.5 Å². The summed E-state index contributed by atoms with van der Waals surface area (Å²) in [5.41, 5.74) is -4.54. The fraction of sp³-hybridized carbons (Fsp3) is 0.533. The number of hydrogen-bond acceptors (Lipinski definition) is 2. The first kappa shape index (κ1) is 28.8. The Morgan fingerprint density at radius 2 is 1.75 bits per heavy atom. The highest BCUT2D eigenvalue weighted by Gasteiger charge is 2.56. The molecule has 1 saturated heterocycles. The molecule has 3 unspecified atom stereocenters. The van der Waals surface area contributed by atoms with Crippen LogP contribution in [0.2, 0.25) is 5.02 Å². The first-order chi connectivity index (χ1) is 18.7. The van der Waals surface area contributed by atoms with Gasteiger partial charge in [0, 0.05) is 28.9 Å². The summed E-state index contributed by atoms with van der Waals surface area (Å²) in [5.74, 6) is -2.13. The SMILES string of the molecule is CC(F)(c1ccc2c(c1)CCC1N(C(=O)C3CCC(F)(C(=O)O)CC3)CCC21Cc1cccc(Cl)c1)C(F)(F)F. The molecule has 4 nitrogen and oxygen atoms in total. The molecule has 1 heterocycles. The molecule has 216 valence electrons. The summed E-state index contributed by atoms with van der Waals surface area (Å²) < 4.78 is 70.0. The van der Waals surface area contributed by atoms with Crippen molar-refractivity contribution in [1.29, 1.82) is 0 Å². The Balaban J connectivity index is 1.50. The van der Waals surface area contributed by atoms with Gasteiger partial charge in [0.25, 0.3) is 0 Å². The zero-order valence-electron chi connectivity index (χ0n) is 22.0. The Labute approximate surface area is 234 Å². The fourth-order valence-electron chi connectivity index (χ4n) is 7.07. The quantitative estimate of drug-likeness (QED) is 0.382. The molecule has 1 N–H and O–H groups in total. The lowest BCUT2D eigenvalue weighted by molar-refractivity contribution is -0.228. The average Bonchev–Trinajstić information content (AvgIpc) is 3.27. The molecule has 2 aliphatic carbocycles. The summed E-state index contributed by atoms with van der Waals surface area (Å²) in [4.78, 5) is 26.9. The normalized spacial score (nSPS) is 29.8. The largest absolute Gasteiger partial charge is 0.479 e. The van der Waals surface area contributed by atoms with Crippen molar-refractivity contribution in [2.24, 2.45) is 5.92 Å². The second kappa shape index (κ2) is 10.00. The highest BCUT2D eigenvalue weighted by molar-refractivity contribution is 6.30. The van der Waals surface area contributed by atoms with Crippen LogP contribution in [0, 0.1) is 5.92 Å². The summed E-state index contributed by atoms with van der Waals surface area (Å²) >= 11 is 6.26. The average molecular weight is 584 g/mol. The van der Waals surface area contributed by atoms with E-state index in [4.69, 9.17) is 11.6 Å². The van der Waals surface area contributed by atoms with Crippen molar-refractivity contribution in [3.05, 3.63) is 69.7 Å². The van der Waals surface area contributed by atoms with Crippen LogP contribution in [0.1, 0.15) is 67.7 Å². The van der Waals surface area contributed by atoms with E-state index in [0.29, 0.717) is 49.7 Å². The lowest BCUT2D eigenvalue weighted by Crippen LogP contribution is -2.51. The number of amides is 1. The summed E-state index contributed by atoms with van der Waals surface area (Å²) in [6.07, 6.45) is -3.36. The molecule has 5 rings (SSSR count). The fourth-order valence-corrected chi connectivity index (χ4v) is 7.28. The van der Waals surface area contributed by atoms with Crippen molar-refractivity contribution in [2.75, 3.05) is 6.54 Å². The molecule has 2 aromatic carbocycles. The molecule has 1 aliphatic heterocycles. The highest BCUT2D eigenvalue weighted by Crippen LogP contribution is 2.52. The van der Waals surface area contributed by atoms with Gasteiger partial charge in [0.2, 0.25) is 17.2 Å². The van der Waals surface area contributed by atoms with Crippen LogP contribution in [0.3, 0.4) is 0 Å². The number of benzene rings is 2. The summed E-state index contributed by atoms with van der Waals surface area (Å²) in [7, 11) is 0. The van der Waals surface area contributed by atoms with E-state index in [9.17, 15) is 36.6 Å². The lowest BCUT2D eigenvalue weighted by Gasteiger charge is -2.45. The number of rotatable bonds is 5. The monoisotopic (exact) mass is 583 g/mol. The van der Waals surface area contributed by atoms with Gasteiger partial charge >= 0.3 is 12.1 Å². The van der Waals surface area contributed by atoms with Gasteiger partial charge in [-0.1, -0.05) is 41.9 Å². The molecule has 10 heteroatoms. The molecule has 40 heavy (non-hydrogen) atoms. The third-order valence-corrected chi connectivity index (χ3v) is 9.65. The molecular formula is C30H31ClF5NO3. The maximum atomic E-state index is 14.9. The molecule has 1 amide bonds. The number of halogens is 6. The third-order valence-electron chi connectivity index (χ3n) is 9.42. The second-order valence-corrected chi connectivity index (χ2v) is 12.2. The van der Waals surface area contributed by atoms with E-state index in [1.807, 2.05) is 23.1 Å². The van der Waals surface area contributed by atoms with Gasteiger partial charge in [-0.15, -0.1) is 0 Å². The molecule has 3 atom stereocenters. The second-order valence-electron chi connectivity index (χ2n) is 11.7. The number of aryl methyl sites for hydroxylation is 1. The van der Waals surface area contributed by atoms with Gasteiger partial charge in [-0.2, -0.15) is 13.2 Å². The van der Waals surface area contributed by atoms with Crippen molar-refractivity contribution in [3.63, 3.8) is 0 Å². The Bertz CT molecular complexity index is 1320. The first-order valence-corrected chi connectivity index (χ1v) is 13.9.